The van der Waals surface area contributed by atoms with Crippen molar-refractivity contribution in [3.8, 4) is 0 Å². The maximum atomic E-state index is 14.5. The predicted molar refractivity (Wildman–Crippen MR) is 181 cm³/mol. The fraction of sp³-hybridized carbons (Fsp3) is 0.278. The molecule has 1 atom stereocenters. The van der Waals surface area contributed by atoms with Gasteiger partial charge in [0.05, 0.1) is 10.6 Å². The summed E-state index contributed by atoms with van der Waals surface area (Å²) in [5.74, 6) is -1.25. The van der Waals surface area contributed by atoms with Crippen molar-refractivity contribution in [2.45, 2.75) is 51.6 Å². The van der Waals surface area contributed by atoms with E-state index in [4.69, 9.17) is 11.6 Å². The van der Waals surface area contributed by atoms with E-state index in [9.17, 15) is 22.4 Å². The Labute approximate surface area is 276 Å². The van der Waals surface area contributed by atoms with E-state index in [0.29, 0.717) is 22.7 Å². The van der Waals surface area contributed by atoms with Crippen LogP contribution >= 0.6 is 11.6 Å². The van der Waals surface area contributed by atoms with Crippen LogP contribution in [0.1, 0.15) is 36.1 Å². The van der Waals surface area contributed by atoms with Crippen LogP contribution in [0.4, 0.5) is 10.1 Å². The number of halogens is 2. The number of hydrogen-bond donors (Lipinski definition) is 1. The highest BCUT2D eigenvalue weighted by molar-refractivity contribution is 7.92. The Morgan fingerprint density at radius 2 is 1.52 bits per heavy atom. The van der Waals surface area contributed by atoms with Crippen LogP contribution in [-0.2, 0) is 32.6 Å². The van der Waals surface area contributed by atoms with Crippen LogP contribution in [0.2, 0.25) is 5.02 Å². The lowest BCUT2D eigenvalue weighted by molar-refractivity contribution is -0.140. The second-order valence-electron chi connectivity index (χ2n) is 11.7. The van der Waals surface area contributed by atoms with Crippen molar-refractivity contribution in [3.05, 3.63) is 130 Å². The second kappa shape index (κ2) is 15.4. The van der Waals surface area contributed by atoms with Crippen molar-refractivity contribution in [2.75, 3.05) is 17.4 Å². The topological polar surface area (TPSA) is 86.8 Å². The van der Waals surface area contributed by atoms with Crippen LogP contribution in [0.3, 0.4) is 0 Å². The fourth-order valence-electron chi connectivity index (χ4n) is 5.01. The molecule has 0 aliphatic heterocycles. The molecule has 7 nitrogen and oxygen atoms in total. The van der Waals surface area contributed by atoms with Gasteiger partial charge < -0.3 is 10.2 Å². The number of rotatable bonds is 13. The lowest BCUT2D eigenvalue weighted by Gasteiger charge is -2.34. The summed E-state index contributed by atoms with van der Waals surface area (Å²) in [4.78, 5) is 29.8. The number of sulfonamides is 1. The van der Waals surface area contributed by atoms with Crippen molar-refractivity contribution in [1.29, 1.82) is 0 Å². The summed E-state index contributed by atoms with van der Waals surface area (Å²) in [7, 11) is -4.25. The van der Waals surface area contributed by atoms with E-state index in [1.165, 1.54) is 29.2 Å². The Hall–Kier alpha value is -4.21. The molecule has 0 radical (unpaired) electrons. The van der Waals surface area contributed by atoms with Crippen LogP contribution in [0.5, 0.6) is 0 Å². The van der Waals surface area contributed by atoms with Crippen LogP contribution < -0.4 is 9.62 Å². The number of anilines is 1. The molecule has 0 fully saturated rings. The molecule has 0 aliphatic rings. The highest BCUT2D eigenvalue weighted by Crippen LogP contribution is 2.30. The molecule has 4 aromatic rings. The summed E-state index contributed by atoms with van der Waals surface area (Å²) in [6.07, 6.45) is 0.183. The Morgan fingerprint density at radius 1 is 0.870 bits per heavy atom. The lowest BCUT2D eigenvalue weighted by atomic mass is 10.0. The molecule has 0 heterocycles. The minimum atomic E-state index is -4.25. The zero-order valence-electron chi connectivity index (χ0n) is 26.4. The van der Waals surface area contributed by atoms with Crippen molar-refractivity contribution >= 4 is 39.1 Å². The van der Waals surface area contributed by atoms with Crippen LogP contribution in [0.25, 0.3) is 0 Å². The van der Waals surface area contributed by atoms with Crippen molar-refractivity contribution in [2.24, 2.45) is 5.92 Å². The molecule has 2 amide bonds. The monoisotopic (exact) mass is 663 g/mol. The summed E-state index contributed by atoms with van der Waals surface area (Å²) < 4.78 is 43.3. The third kappa shape index (κ3) is 8.95. The first-order chi connectivity index (χ1) is 21.8. The van der Waals surface area contributed by atoms with Crippen molar-refractivity contribution in [3.63, 3.8) is 0 Å². The van der Waals surface area contributed by atoms with Gasteiger partial charge in [-0.3, -0.25) is 13.9 Å². The van der Waals surface area contributed by atoms with Gasteiger partial charge in [-0.05, 0) is 78.9 Å². The fourth-order valence-corrected chi connectivity index (χ4v) is 6.72. The number of amides is 2. The molecule has 0 saturated heterocycles. The Morgan fingerprint density at radius 3 is 2.13 bits per heavy atom. The second-order valence-corrected chi connectivity index (χ2v) is 14.0. The Balaban J connectivity index is 1.82. The number of nitrogens with zero attached hydrogens (tertiary/aromatic N) is 2. The molecular formula is C36H39ClFN3O4S. The van der Waals surface area contributed by atoms with E-state index in [2.05, 4.69) is 5.32 Å². The molecule has 0 bridgehead atoms. The lowest BCUT2D eigenvalue weighted by Crippen LogP contribution is -2.53. The summed E-state index contributed by atoms with van der Waals surface area (Å²) in [5, 5.41) is 3.37. The predicted octanol–water partition coefficient (Wildman–Crippen LogP) is 6.70. The number of nitrogens with one attached hydrogen (secondary N) is 1. The van der Waals surface area contributed by atoms with E-state index in [1.807, 2.05) is 51.1 Å². The third-order valence-corrected chi connectivity index (χ3v) is 9.55. The van der Waals surface area contributed by atoms with Gasteiger partial charge >= 0.3 is 0 Å². The normalized spacial score (nSPS) is 12.1. The SMILES string of the molecule is Cc1ccc(S(=O)(=O)N(CC(=O)N(Cc2ccc(F)cc2)[C@@H](Cc2ccccc2)C(=O)NCC(C)C)c2ccc(Cl)cc2C)cc1. The van der Waals surface area contributed by atoms with Crippen molar-refractivity contribution in [1.82, 2.24) is 10.2 Å². The number of aryl methyl sites for hydroxylation is 2. The third-order valence-electron chi connectivity index (χ3n) is 7.54. The molecule has 1 N–H and O–H groups in total. The molecule has 4 rings (SSSR count). The molecule has 0 aliphatic carbocycles. The first-order valence-corrected chi connectivity index (χ1v) is 16.9. The van der Waals surface area contributed by atoms with E-state index < -0.39 is 34.3 Å². The average Bonchev–Trinajstić information content (AvgIpc) is 3.02. The molecule has 10 heteroatoms. The molecule has 0 aromatic heterocycles. The first kappa shape index (κ1) is 34.7. The zero-order valence-corrected chi connectivity index (χ0v) is 28.0. The summed E-state index contributed by atoms with van der Waals surface area (Å²) in [6.45, 7) is 7.25. The zero-order chi connectivity index (χ0) is 33.4. The highest BCUT2D eigenvalue weighted by Gasteiger charge is 2.35. The van der Waals surface area contributed by atoms with Gasteiger partial charge in [0.25, 0.3) is 10.0 Å². The van der Waals surface area contributed by atoms with Gasteiger partial charge in [-0.2, -0.15) is 0 Å². The molecule has 0 spiro atoms. The highest BCUT2D eigenvalue weighted by atomic mass is 35.5. The standard InChI is InChI=1S/C36H39ClFN3O4S/c1-25(2)22-39-36(43)34(21-28-8-6-5-7-9-28)40(23-29-12-15-31(38)16-13-29)35(42)24-41(33-19-14-30(37)20-27(33)4)46(44,45)32-17-10-26(3)11-18-32/h5-20,25,34H,21-24H2,1-4H3,(H,39,43)/t34-/m0/s1. The number of carbonyl (C=O) groups excluding carboxylic acids is 2. The van der Waals surface area contributed by atoms with Gasteiger partial charge in [-0.1, -0.05) is 85.6 Å². The van der Waals surface area contributed by atoms with Crippen LogP contribution in [-0.4, -0.2) is 44.3 Å². The smallest absolute Gasteiger partial charge is 0.264 e. The van der Waals surface area contributed by atoms with Gasteiger partial charge in [-0.25, -0.2) is 12.8 Å². The quantitative estimate of drug-likeness (QED) is 0.172. The van der Waals surface area contributed by atoms with Gasteiger partial charge in [0.2, 0.25) is 11.8 Å². The summed E-state index contributed by atoms with van der Waals surface area (Å²) in [5.41, 5.74) is 3.12. The summed E-state index contributed by atoms with van der Waals surface area (Å²) >= 11 is 6.22. The molecule has 46 heavy (non-hydrogen) atoms. The molecule has 0 unspecified atom stereocenters. The number of carbonyl (C=O) groups is 2. The van der Waals surface area contributed by atoms with E-state index in [1.54, 1.807) is 49.4 Å². The van der Waals surface area contributed by atoms with Crippen molar-refractivity contribution < 1.29 is 22.4 Å². The van der Waals surface area contributed by atoms with Crippen LogP contribution in [0.15, 0.2) is 102 Å². The van der Waals surface area contributed by atoms with E-state index in [0.717, 1.165) is 15.4 Å². The van der Waals surface area contributed by atoms with Gasteiger partial charge in [0.15, 0.2) is 0 Å². The maximum Gasteiger partial charge on any atom is 0.264 e. The van der Waals surface area contributed by atoms with Crippen LogP contribution in [0, 0.1) is 25.6 Å². The Bertz CT molecular complexity index is 1750. The molecular weight excluding hydrogens is 625 g/mol. The molecule has 4 aromatic carbocycles. The largest absolute Gasteiger partial charge is 0.354 e. The maximum absolute atomic E-state index is 14.5. The van der Waals surface area contributed by atoms with Gasteiger partial charge in [0, 0.05) is 24.5 Å². The van der Waals surface area contributed by atoms with Gasteiger partial charge in [0.1, 0.15) is 18.4 Å². The van der Waals surface area contributed by atoms with E-state index in [-0.39, 0.29) is 35.4 Å². The number of benzene rings is 4. The van der Waals surface area contributed by atoms with Gasteiger partial charge in [-0.15, -0.1) is 0 Å². The summed E-state index contributed by atoms with van der Waals surface area (Å²) in [6, 6.07) is 25.1. The molecule has 242 valence electrons. The minimum absolute atomic E-state index is 0.0147. The first-order valence-electron chi connectivity index (χ1n) is 15.1. The molecule has 0 saturated carbocycles. The Kier molecular flexibility index (Phi) is 11.6. The van der Waals surface area contributed by atoms with E-state index >= 15 is 0 Å². The minimum Gasteiger partial charge on any atom is -0.354 e. The number of hydrogen-bond acceptors (Lipinski definition) is 4. The average molecular weight is 664 g/mol.